The summed E-state index contributed by atoms with van der Waals surface area (Å²) >= 11 is 0. The van der Waals surface area contributed by atoms with Gasteiger partial charge in [-0.05, 0) is 0 Å². The molecule has 0 spiro atoms. The van der Waals surface area contributed by atoms with Crippen LogP contribution in [-0.4, -0.2) is 16.7 Å². The zero-order valence-corrected chi connectivity index (χ0v) is 7.14. The molecule has 0 aliphatic carbocycles. The number of ketones is 1. The zero-order chi connectivity index (χ0) is 9.84. The van der Waals surface area contributed by atoms with Crippen molar-refractivity contribution in [2.45, 2.75) is 13.0 Å². The van der Waals surface area contributed by atoms with Crippen molar-refractivity contribution in [3.8, 4) is 0 Å². The number of hydrogen-bond donors (Lipinski definition) is 0. The van der Waals surface area contributed by atoms with Crippen molar-refractivity contribution in [2.24, 2.45) is 0 Å². The first-order chi connectivity index (χ1) is 6.13. The molecule has 0 fully saturated rings. The molecule has 0 bridgehead atoms. The smallest absolute Gasteiger partial charge is 0.272 e. The van der Waals surface area contributed by atoms with Crippen molar-refractivity contribution in [3.05, 3.63) is 46.0 Å². The normalized spacial score (nSPS) is 12.1. The van der Waals surface area contributed by atoms with Gasteiger partial charge in [0.05, 0.1) is 0 Å². The second-order valence-electron chi connectivity index (χ2n) is 2.69. The molecule has 0 radical (unpaired) electrons. The van der Waals surface area contributed by atoms with Crippen molar-refractivity contribution in [2.75, 3.05) is 0 Å². The summed E-state index contributed by atoms with van der Waals surface area (Å²) < 4.78 is 0. The average molecular weight is 179 g/mol. The predicted octanol–water partition coefficient (Wildman–Crippen LogP) is 1.53. The van der Waals surface area contributed by atoms with Gasteiger partial charge in [-0.1, -0.05) is 30.3 Å². The van der Waals surface area contributed by atoms with E-state index < -0.39 is 16.7 Å². The lowest BCUT2D eigenvalue weighted by atomic mass is 10.1. The molecule has 4 nitrogen and oxygen atoms in total. The molecule has 0 aliphatic heterocycles. The monoisotopic (exact) mass is 179 g/mol. The molecule has 0 saturated heterocycles. The molecular weight excluding hydrogens is 170 g/mol. The van der Waals surface area contributed by atoms with E-state index in [0.29, 0.717) is 5.56 Å². The molecule has 1 aromatic rings. The van der Waals surface area contributed by atoms with Crippen LogP contribution in [0, 0.1) is 10.1 Å². The molecule has 1 rings (SSSR count). The Balaban J connectivity index is 2.86. The number of nitrogens with zero attached hydrogens (tertiary/aromatic N) is 1. The number of carbonyl (C=O) groups is 1. The Hall–Kier alpha value is -1.71. The Bertz CT molecular complexity index is 321. The summed E-state index contributed by atoms with van der Waals surface area (Å²) in [5, 5.41) is 10.3. The molecule has 13 heavy (non-hydrogen) atoms. The van der Waals surface area contributed by atoms with Gasteiger partial charge in [0.1, 0.15) is 0 Å². The highest BCUT2D eigenvalue weighted by Gasteiger charge is 2.24. The van der Waals surface area contributed by atoms with Crippen molar-refractivity contribution < 1.29 is 9.72 Å². The largest absolute Gasteiger partial charge is 0.286 e. The van der Waals surface area contributed by atoms with Gasteiger partial charge in [0.25, 0.3) is 6.04 Å². The third kappa shape index (κ3) is 2.11. The quantitative estimate of drug-likeness (QED) is 0.401. The minimum atomic E-state index is -1.16. The molecule has 0 aromatic heterocycles. The van der Waals surface area contributed by atoms with Crippen LogP contribution in [0.25, 0.3) is 0 Å². The number of hydrogen-bond acceptors (Lipinski definition) is 3. The fourth-order valence-corrected chi connectivity index (χ4v) is 0.939. The van der Waals surface area contributed by atoms with E-state index in [0.717, 1.165) is 0 Å². The topological polar surface area (TPSA) is 60.2 Å². The summed E-state index contributed by atoms with van der Waals surface area (Å²) in [7, 11) is 0. The van der Waals surface area contributed by atoms with Gasteiger partial charge in [-0.2, -0.15) is 0 Å². The maximum absolute atomic E-state index is 11.3. The summed E-state index contributed by atoms with van der Waals surface area (Å²) in [5.74, 6) is -0.453. The third-order valence-electron chi connectivity index (χ3n) is 1.75. The van der Waals surface area contributed by atoms with E-state index in [1.54, 1.807) is 30.3 Å². The fourth-order valence-electron chi connectivity index (χ4n) is 0.939. The van der Waals surface area contributed by atoms with Crippen LogP contribution < -0.4 is 0 Å². The minimum absolute atomic E-state index is 0.381. The van der Waals surface area contributed by atoms with Gasteiger partial charge in [0.2, 0.25) is 5.78 Å². The van der Waals surface area contributed by atoms with E-state index in [1.165, 1.54) is 6.92 Å². The van der Waals surface area contributed by atoms with E-state index >= 15 is 0 Å². The number of rotatable bonds is 3. The maximum atomic E-state index is 11.3. The van der Waals surface area contributed by atoms with Crippen LogP contribution >= 0.6 is 0 Å². The van der Waals surface area contributed by atoms with E-state index in [-0.39, 0.29) is 0 Å². The molecule has 68 valence electrons. The van der Waals surface area contributed by atoms with Gasteiger partial charge in [-0.3, -0.25) is 14.9 Å². The lowest BCUT2D eigenvalue weighted by molar-refractivity contribution is -0.500. The summed E-state index contributed by atoms with van der Waals surface area (Å²) in [5.41, 5.74) is 0.381. The summed E-state index contributed by atoms with van der Waals surface area (Å²) in [4.78, 5) is 21.1. The average Bonchev–Trinajstić information content (AvgIpc) is 2.17. The highest BCUT2D eigenvalue weighted by atomic mass is 16.6. The zero-order valence-electron chi connectivity index (χ0n) is 7.14. The molecule has 0 N–H and O–H groups in total. The van der Waals surface area contributed by atoms with Crippen LogP contribution in [0.4, 0.5) is 0 Å². The number of Topliss-reactive ketones (excluding diaryl/α,β-unsaturated/α-hetero) is 1. The van der Waals surface area contributed by atoms with Gasteiger partial charge in [0.15, 0.2) is 0 Å². The van der Waals surface area contributed by atoms with Crippen molar-refractivity contribution in [1.29, 1.82) is 0 Å². The van der Waals surface area contributed by atoms with Crippen LogP contribution in [0.5, 0.6) is 0 Å². The molecule has 4 heteroatoms. The second kappa shape index (κ2) is 3.80. The lowest BCUT2D eigenvalue weighted by Gasteiger charge is -2.01. The highest BCUT2D eigenvalue weighted by Crippen LogP contribution is 2.04. The summed E-state index contributed by atoms with van der Waals surface area (Å²) in [6, 6.07) is 7.10. The molecule has 0 aliphatic rings. The minimum Gasteiger partial charge on any atom is -0.286 e. The first-order valence-electron chi connectivity index (χ1n) is 3.85. The van der Waals surface area contributed by atoms with Crippen LogP contribution in [0.15, 0.2) is 30.3 Å². The Labute approximate surface area is 75.3 Å². The van der Waals surface area contributed by atoms with E-state index in [1.807, 2.05) is 0 Å². The number of carbonyl (C=O) groups excluding carboxylic acids is 1. The summed E-state index contributed by atoms with van der Waals surface area (Å²) in [6.45, 7) is 1.29. The molecule has 0 heterocycles. The SMILES string of the molecule is CC(C(=O)c1ccccc1)[N+](=O)[O-]. The van der Waals surface area contributed by atoms with E-state index in [9.17, 15) is 14.9 Å². The first kappa shape index (κ1) is 9.38. The van der Waals surface area contributed by atoms with Crippen molar-refractivity contribution in [3.63, 3.8) is 0 Å². The second-order valence-corrected chi connectivity index (χ2v) is 2.69. The number of benzene rings is 1. The molecule has 0 saturated carbocycles. The van der Waals surface area contributed by atoms with Gasteiger partial charge >= 0.3 is 0 Å². The van der Waals surface area contributed by atoms with Gasteiger partial charge in [-0.15, -0.1) is 0 Å². The van der Waals surface area contributed by atoms with Gasteiger partial charge < -0.3 is 0 Å². The Kier molecular flexibility index (Phi) is 2.74. The van der Waals surface area contributed by atoms with E-state index in [2.05, 4.69) is 0 Å². The van der Waals surface area contributed by atoms with Crippen LogP contribution in [0.2, 0.25) is 0 Å². The molecule has 1 aromatic carbocycles. The molecular formula is C9H9NO3. The predicted molar refractivity (Wildman–Crippen MR) is 47.2 cm³/mol. The fraction of sp³-hybridized carbons (Fsp3) is 0.222. The Morgan fingerprint density at radius 3 is 2.38 bits per heavy atom. The lowest BCUT2D eigenvalue weighted by Crippen LogP contribution is -2.25. The van der Waals surface area contributed by atoms with Gasteiger partial charge in [-0.25, -0.2) is 0 Å². The summed E-state index contributed by atoms with van der Waals surface area (Å²) in [6.07, 6.45) is 0. The third-order valence-corrected chi connectivity index (χ3v) is 1.75. The Morgan fingerprint density at radius 2 is 1.92 bits per heavy atom. The Morgan fingerprint density at radius 1 is 1.38 bits per heavy atom. The molecule has 1 unspecified atom stereocenters. The van der Waals surface area contributed by atoms with E-state index in [4.69, 9.17) is 0 Å². The van der Waals surface area contributed by atoms with Crippen LogP contribution in [-0.2, 0) is 0 Å². The number of nitro groups is 1. The maximum Gasteiger partial charge on any atom is 0.272 e. The van der Waals surface area contributed by atoms with Crippen LogP contribution in [0.1, 0.15) is 17.3 Å². The highest BCUT2D eigenvalue weighted by molar-refractivity contribution is 5.98. The van der Waals surface area contributed by atoms with Crippen molar-refractivity contribution >= 4 is 5.78 Å². The van der Waals surface area contributed by atoms with Crippen molar-refractivity contribution in [1.82, 2.24) is 0 Å². The molecule has 0 amide bonds. The standard InChI is InChI=1S/C9H9NO3/c1-7(10(12)13)9(11)8-5-3-2-4-6-8/h2-7H,1H3. The van der Waals surface area contributed by atoms with Gasteiger partial charge in [0, 0.05) is 17.4 Å². The molecule has 1 atom stereocenters. The first-order valence-corrected chi connectivity index (χ1v) is 3.85. The van der Waals surface area contributed by atoms with Crippen LogP contribution in [0.3, 0.4) is 0 Å².